The summed E-state index contributed by atoms with van der Waals surface area (Å²) in [5.74, 6) is 0. The number of amides is 1. The molecule has 0 aromatic heterocycles. The number of rotatable bonds is 3. The molecule has 82 valence electrons. The van der Waals surface area contributed by atoms with Crippen LogP contribution in [0.4, 0.5) is 4.79 Å². The first-order valence-corrected chi connectivity index (χ1v) is 6.06. The first-order chi connectivity index (χ1) is 7.08. The van der Waals surface area contributed by atoms with Crippen molar-refractivity contribution in [3.05, 3.63) is 29.3 Å². The molecule has 0 bridgehead atoms. The van der Waals surface area contributed by atoms with Crippen molar-refractivity contribution in [3.63, 3.8) is 0 Å². The third-order valence-electron chi connectivity index (χ3n) is 1.55. The molecule has 1 atom stereocenters. The molecule has 1 N–H and O–H groups in total. The van der Waals surface area contributed by atoms with Crippen LogP contribution in [0, 0.1) is 0 Å². The van der Waals surface area contributed by atoms with Gasteiger partial charge >= 0.3 is 0 Å². The van der Waals surface area contributed by atoms with E-state index in [2.05, 4.69) is 5.32 Å². The van der Waals surface area contributed by atoms with Gasteiger partial charge in [-0.05, 0) is 43.0 Å². The van der Waals surface area contributed by atoms with Crippen molar-refractivity contribution >= 4 is 40.2 Å². The summed E-state index contributed by atoms with van der Waals surface area (Å²) in [4.78, 5) is 12.2. The fraction of sp³-hybridized carbons (Fsp3) is 0.300. The van der Waals surface area contributed by atoms with Crippen molar-refractivity contribution < 1.29 is 4.79 Å². The summed E-state index contributed by atoms with van der Waals surface area (Å²) < 4.78 is 0. The van der Waals surface area contributed by atoms with Gasteiger partial charge in [-0.2, -0.15) is 0 Å². The second kappa shape index (κ2) is 6.26. The maximum absolute atomic E-state index is 11.4. The number of thioether (sulfide) groups is 1. The van der Waals surface area contributed by atoms with Crippen LogP contribution < -0.4 is 5.32 Å². The quantitative estimate of drug-likeness (QED) is 0.665. The molecular weight excluding hydrogens is 253 g/mol. The highest BCUT2D eigenvalue weighted by atomic mass is 35.5. The van der Waals surface area contributed by atoms with E-state index in [-0.39, 0.29) is 10.6 Å². The lowest BCUT2D eigenvalue weighted by molar-refractivity contribution is 0.261. The molecule has 1 amide bonds. The highest BCUT2D eigenvalue weighted by molar-refractivity contribution is 8.13. The topological polar surface area (TPSA) is 29.1 Å². The molecular formula is C10H11Cl2NOS. The number of alkyl halides is 1. The molecule has 0 fully saturated rings. The zero-order valence-corrected chi connectivity index (χ0v) is 10.5. The number of carbonyl (C=O) groups excluding carboxylic acids is 1. The summed E-state index contributed by atoms with van der Waals surface area (Å²) in [6.45, 7) is 2.30. The first-order valence-electron chi connectivity index (χ1n) is 4.43. The molecule has 0 heterocycles. The lowest BCUT2D eigenvalue weighted by Gasteiger charge is -2.05. The van der Waals surface area contributed by atoms with E-state index in [1.54, 1.807) is 24.3 Å². The summed E-state index contributed by atoms with van der Waals surface area (Å²) in [6, 6.07) is 7.11. The monoisotopic (exact) mass is 263 g/mol. The van der Waals surface area contributed by atoms with Gasteiger partial charge in [0.2, 0.25) is 0 Å². The maximum Gasteiger partial charge on any atom is 0.283 e. The molecule has 0 spiro atoms. The average Bonchev–Trinajstić information content (AvgIpc) is 2.19. The second-order valence-corrected chi connectivity index (χ2v) is 5.23. The van der Waals surface area contributed by atoms with Crippen LogP contribution in [-0.2, 0) is 0 Å². The van der Waals surface area contributed by atoms with Gasteiger partial charge in [0.25, 0.3) is 5.24 Å². The maximum atomic E-state index is 11.4. The number of benzene rings is 1. The largest absolute Gasteiger partial charge is 0.345 e. The minimum absolute atomic E-state index is 0.0558. The van der Waals surface area contributed by atoms with Crippen LogP contribution in [0.1, 0.15) is 6.92 Å². The second-order valence-electron chi connectivity index (χ2n) is 3.01. The standard InChI is InChI=1S/C10H11Cl2NOS/c1-7(11)6-13-10(14)15-9-4-2-8(12)3-5-9/h2-5,7H,6H2,1H3,(H,13,14). The smallest absolute Gasteiger partial charge is 0.283 e. The first kappa shape index (κ1) is 12.7. The molecule has 0 aliphatic carbocycles. The Labute approximate surface area is 103 Å². The van der Waals surface area contributed by atoms with Crippen molar-refractivity contribution in [2.75, 3.05) is 6.54 Å². The normalized spacial score (nSPS) is 12.2. The summed E-state index contributed by atoms with van der Waals surface area (Å²) >= 11 is 12.6. The Morgan fingerprint density at radius 1 is 1.47 bits per heavy atom. The van der Waals surface area contributed by atoms with Gasteiger partial charge < -0.3 is 5.32 Å². The Kier molecular flexibility index (Phi) is 5.29. The highest BCUT2D eigenvalue weighted by Gasteiger charge is 2.05. The van der Waals surface area contributed by atoms with Gasteiger partial charge in [0.1, 0.15) is 0 Å². The van der Waals surface area contributed by atoms with Gasteiger partial charge in [-0.25, -0.2) is 0 Å². The van der Waals surface area contributed by atoms with Crippen LogP contribution in [0.25, 0.3) is 0 Å². The predicted octanol–water partition coefficient (Wildman–Crippen LogP) is 3.77. The van der Waals surface area contributed by atoms with Crippen LogP contribution in [0.3, 0.4) is 0 Å². The molecule has 1 aromatic rings. The van der Waals surface area contributed by atoms with Gasteiger partial charge in [0.05, 0.1) is 0 Å². The summed E-state index contributed by atoms with van der Waals surface area (Å²) in [5, 5.41) is 3.20. The Hall–Kier alpha value is -0.380. The Morgan fingerprint density at radius 3 is 2.60 bits per heavy atom. The van der Waals surface area contributed by atoms with Gasteiger partial charge in [0.15, 0.2) is 0 Å². The predicted molar refractivity (Wildman–Crippen MR) is 66.0 cm³/mol. The van der Waals surface area contributed by atoms with Crippen molar-refractivity contribution in [3.8, 4) is 0 Å². The number of hydrogen-bond acceptors (Lipinski definition) is 2. The fourth-order valence-corrected chi connectivity index (χ4v) is 1.71. The fourth-order valence-electron chi connectivity index (χ4n) is 0.870. The van der Waals surface area contributed by atoms with E-state index < -0.39 is 0 Å². The Balaban J connectivity index is 2.41. The minimum Gasteiger partial charge on any atom is -0.345 e. The number of halogens is 2. The van der Waals surface area contributed by atoms with Crippen LogP contribution in [-0.4, -0.2) is 17.2 Å². The molecule has 0 saturated carbocycles. The van der Waals surface area contributed by atoms with E-state index in [0.717, 1.165) is 16.7 Å². The molecule has 0 aliphatic heterocycles. The minimum atomic E-state index is -0.107. The zero-order chi connectivity index (χ0) is 11.3. The molecule has 0 radical (unpaired) electrons. The summed E-state index contributed by atoms with van der Waals surface area (Å²) in [7, 11) is 0. The van der Waals surface area contributed by atoms with E-state index in [4.69, 9.17) is 23.2 Å². The van der Waals surface area contributed by atoms with E-state index >= 15 is 0 Å². The Bertz CT molecular complexity index is 327. The van der Waals surface area contributed by atoms with Crippen molar-refractivity contribution in [1.82, 2.24) is 5.32 Å². The zero-order valence-electron chi connectivity index (χ0n) is 8.17. The van der Waals surface area contributed by atoms with Crippen LogP contribution in [0.15, 0.2) is 29.2 Å². The molecule has 0 saturated heterocycles. The van der Waals surface area contributed by atoms with Gasteiger partial charge in [-0.1, -0.05) is 11.6 Å². The summed E-state index contributed by atoms with van der Waals surface area (Å²) in [6.07, 6.45) is 0. The number of hydrogen-bond donors (Lipinski definition) is 1. The van der Waals surface area contributed by atoms with Crippen LogP contribution >= 0.6 is 35.0 Å². The van der Waals surface area contributed by atoms with E-state index in [9.17, 15) is 4.79 Å². The molecule has 0 aliphatic rings. The molecule has 1 aromatic carbocycles. The molecule has 15 heavy (non-hydrogen) atoms. The van der Waals surface area contributed by atoms with Gasteiger partial charge in [-0.15, -0.1) is 11.6 Å². The lowest BCUT2D eigenvalue weighted by Crippen LogP contribution is -2.24. The van der Waals surface area contributed by atoms with Crippen molar-refractivity contribution in [2.24, 2.45) is 0 Å². The molecule has 2 nitrogen and oxygen atoms in total. The average molecular weight is 264 g/mol. The van der Waals surface area contributed by atoms with Crippen molar-refractivity contribution in [2.45, 2.75) is 17.2 Å². The molecule has 1 rings (SSSR count). The van der Waals surface area contributed by atoms with Gasteiger partial charge in [0, 0.05) is 21.8 Å². The van der Waals surface area contributed by atoms with E-state index in [1.165, 1.54) is 0 Å². The number of nitrogens with one attached hydrogen (secondary N) is 1. The van der Waals surface area contributed by atoms with E-state index in [0.29, 0.717) is 11.6 Å². The third kappa shape index (κ3) is 5.30. The van der Waals surface area contributed by atoms with Crippen LogP contribution in [0.5, 0.6) is 0 Å². The third-order valence-corrected chi connectivity index (χ3v) is 2.80. The van der Waals surface area contributed by atoms with E-state index in [1.807, 2.05) is 6.92 Å². The van der Waals surface area contributed by atoms with Crippen molar-refractivity contribution in [1.29, 1.82) is 0 Å². The summed E-state index contributed by atoms with van der Waals surface area (Å²) in [5.41, 5.74) is 0. The van der Waals surface area contributed by atoms with Gasteiger partial charge in [-0.3, -0.25) is 4.79 Å². The van der Waals surface area contributed by atoms with Crippen LogP contribution in [0.2, 0.25) is 5.02 Å². The number of carbonyl (C=O) groups is 1. The lowest BCUT2D eigenvalue weighted by atomic mass is 10.4. The molecule has 1 unspecified atom stereocenters. The highest BCUT2D eigenvalue weighted by Crippen LogP contribution is 2.20. The SMILES string of the molecule is CC(Cl)CNC(=O)Sc1ccc(Cl)cc1. The molecule has 5 heteroatoms. The Morgan fingerprint density at radius 2 is 2.07 bits per heavy atom.